The molecule has 0 spiro atoms. The molecule has 3 rings (SSSR count). The number of carbonyl (C=O) groups excluding carboxylic acids is 1. The van der Waals surface area contributed by atoms with Crippen LogP contribution in [0.4, 0.5) is 15.8 Å². The number of aryl methyl sites for hydroxylation is 1. The molecule has 0 heterocycles. The van der Waals surface area contributed by atoms with Crippen molar-refractivity contribution in [3.05, 3.63) is 93.3 Å². The Hall–Kier alpha value is -3.99. The Morgan fingerprint density at radius 1 is 1.09 bits per heavy atom. The molecule has 0 aromatic heterocycles. The fourth-order valence-corrected chi connectivity index (χ4v) is 3.97. The minimum atomic E-state index is -4.12. The molecule has 11 heteroatoms. The summed E-state index contributed by atoms with van der Waals surface area (Å²) in [5.41, 5.74) is 0.876. The number of anilines is 1. The number of benzene rings is 3. The number of sulfonamides is 1. The van der Waals surface area contributed by atoms with E-state index in [1.807, 2.05) is 0 Å². The first-order valence-electron chi connectivity index (χ1n) is 9.59. The Labute approximate surface area is 189 Å². The molecule has 172 valence electrons. The number of nitrogens with zero attached hydrogens (tertiary/aromatic N) is 1. The van der Waals surface area contributed by atoms with Crippen LogP contribution in [0.2, 0.25) is 0 Å². The largest absolute Gasteiger partial charge is 0.495 e. The van der Waals surface area contributed by atoms with Crippen LogP contribution in [0.15, 0.2) is 65.6 Å². The lowest BCUT2D eigenvalue weighted by Crippen LogP contribution is -2.23. The predicted octanol–water partition coefficient (Wildman–Crippen LogP) is 3.78. The second kappa shape index (κ2) is 9.65. The molecule has 0 bridgehead atoms. The normalized spacial score (nSPS) is 11.0. The Balaban J connectivity index is 1.73. The van der Waals surface area contributed by atoms with E-state index in [9.17, 15) is 27.7 Å². The summed E-state index contributed by atoms with van der Waals surface area (Å²) in [4.78, 5) is 22.5. The van der Waals surface area contributed by atoms with Crippen LogP contribution in [0.1, 0.15) is 21.5 Å². The average Bonchev–Trinajstić information content (AvgIpc) is 2.79. The van der Waals surface area contributed by atoms with Crippen molar-refractivity contribution in [3.8, 4) is 5.75 Å². The lowest BCUT2D eigenvalue weighted by Gasteiger charge is -2.12. The standard InChI is InChI=1S/C22H20FN3O6S/c1-14-3-4-15(11-19(14)23)13-24-22(27)16-5-8-18(9-6-16)33(30,31)25-20-12-17(26(28)29)7-10-21(20)32-2/h3-12,25H,13H2,1-2H3,(H,24,27). The summed E-state index contributed by atoms with van der Waals surface area (Å²) in [5.74, 6) is -0.731. The molecule has 0 atom stereocenters. The molecular weight excluding hydrogens is 453 g/mol. The summed E-state index contributed by atoms with van der Waals surface area (Å²) < 4.78 is 46.4. The minimum Gasteiger partial charge on any atom is -0.495 e. The number of nitro benzene ring substituents is 1. The number of hydrogen-bond donors (Lipinski definition) is 2. The number of carbonyl (C=O) groups is 1. The lowest BCUT2D eigenvalue weighted by atomic mass is 10.1. The molecule has 0 saturated heterocycles. The number of ether oxygens (including phenoxy) is 1. The van der Waals surface area contributed by atoms with E-state index < -0.39 is 20.9 Å². The Bertz CT molecular complexity index is 1310. The molecular formula is C22H20FN3O6S. The number of hydrogen-bond acceptors (Lipinski definition) is 6. The molecule has 3 aromatic rings. The topological polar surface area (TPSA) is 128 Å². The third kappa shape index (κ3) is 5.63. The van der Waals surface area contributed by atoms with Crippen molar-refractivity contribution in [1.29, 1.82) is 0 Å². The summed E-state index contributed by atoms with van der Waals surface area (Å²) in [5, 5.41) is 13.6. The van der Waals surface area contributed by atoms with Gasteiger partial charge >= 0.3 is 0 Å². The van der Waals surface area contributed by atoms with E-state index in [1.54, 1.807) is 19.1 Å². The number of rotatable bonds is 8. The van der Waals surface area contributed by atoms with E-state index in [2.05, 4.69) is 10.0 Å². The van der Waals surface area contributed by atoms with E-state index in [4.69, 9.17) is 4.74 Å². The third-order valence-corrected chi connectivity index (χ3v) is 6.14. The van der Waals surface area contributed by atoms with E-state index in [-0.39, 0.29) is 39.9 Å². The average molecular weight is 473 g/mol. The van der Waals surface area contributed by atoms with Gasteiger partial charge in [-0.25, -0.2) is 12.8 Å². The third-order valence-electron chi connectivity index (χ3n) is 4.75. The van der Waals surface area contributed by atoms with Gasteiger partial charge < -0.3 is 10.1 Å². The highest BCUT2D eigenvalue weighted by Gasteiger charge is 2.20. The number of halogens is 1. The highest BCUT2D eigenvalue weighted by Crippen LogP contribution is 2.30. The van der Waals surface area contributed by atoms with E-state index in [1.165, 1.54) is 49.6 Å². The van der Waals surface area contributed by atoms with Crippen molar-refractivity contribution in [3.63, 3.8) is 0 Å². The number of non-ortho nitro benzene ring substituents is 1. The van der Waals surface area contributed by atoms with Crippen LogP contribution in [0.3, 0.4) is 0 Å². The van der Waals surface area contributed by atoms with Crippen LogP contribution >= 0.6 is 0 Å². The molecule has 3 aromatic carbocycles. The first-order valence-corrected chi connectivity index (χ1v) is 11.1. The summed E-state index contributed by atoms with van der Waals surface area (Å²) in [6.45, 7) is 1.74. The molecule has 0 fully saturated rings. The van der Waals surface area contributed by atoms with E-state index in [0.717, 1.165) is 6.07 Å². The fourth-order valence-electron chi connectivity index (χ4n) is 2.91. The van der Waals surface area contributed by atoms with Gasteiger partial charge in [-0.1, -0.05) is 12.1 Å². The van der Waals surface area contributed by atoms with Crippen LogP contribution in [0.25, 0.3) is 0 Å². The van der Waals surface area contributed by atoms with Gasteiger partial charge in [0.05, 0.1) is 22.6 Å². The van der Waals surface area contributed by atoms with Crippen molar-refractivity contribution in [2.75, 3.05) is 11.8 Å². The van der Waals surface area contributed by atoms with Crippen molar-refractivity contribution >= 4 is 27.3 Å². The van der Waals surface area contributed by atoms with Crippen molar-refractivity contribution in [2.24, 2.45) is 0 Å². The van der Waals surface area contributed by atoms with Crippen molar-refractivity contribution in [1.82, 2.24) is 5.32 Å². The number of methoxy groups -OCH3 is 1. The minimum absolute atomic E-state index is 0.0983. The number of nitro groups is 1. The lowest BCUT2D eigenvalue weighted by molar-refractivity contribution is -0.384. The van der Waals surface area contributed by atoms with Gasteiger partial charge in [-0.2, -0.15) is 0 Å². The molecule has 0 aliphatic carbocycles. The van der Waals surface area contributed by atoms with Crippen LogP contribution < -0.4 is 14.8 Å². The van der Waals surface area contributed by atoms with Crippen LogP contribution in [-0.2, 0) is 16.6 Å². The summed E-state index contributed by atoms with van der Waals surface area (Å²) in [7, 11) is -2.82. The highest BCUT2D eigenvalue weighted by molar-refractivity contribution is 7.92. The van der Waals surface area contributed by atoms with Gasteiger partial charge in [0.15, 0.2) is 0 Å². The van der Waals surface area contributed by atoms with Gasteiger partial charge in [0.2, 0.25) is 0 Å². The molecule has 0 saturated carbocycles. The first-order chi connectivity index (χ1) is 15.6. The number of nitrogens with one attached hydrogen (secondary N) is 2. The second-order valence-corrected chi connectivity index (χ2v) is 8.72. The fraction of sp³-hybridized carbons (Fsp3) is 0.136. The maximum atomic E-state index is 13.6. The molecule has 0 aliphatic rings. The predicted molar refractivity (Wildman–Crippen MR) is 119 cm³/mol. The van der Waals surface area contributed by atoms with E-state index in [0.29, 0.717) is 11.1 Å². The van der Waals surface area contributed by atoms with Crippen molar-refractivity contribution < 1.29 is 27.3 Å². The van der Waals surface area contributed by atoms with Gasteiger partial charge in [-0.3, -0.25) is 19.6 Å². The summed E-state index contributed by atoms with van der Waals surface area (Å²) in [6, 6.07) is 13.3. The molecule has 0 radical (unpaired) electrons. The quantitative estimate of drug-likeness (QED) is 0.379. The molecule has 1 amide bonds. The Morgan fingerprint density at radius 3 is 2.39 bits per heavy atom. The molecule has 0 aliphatic heterocycles. The van der Waals surface area contributed by atoms with Crippen LogP contribution in [0.5, 0.6) is 5.75 Å². The zero-order valence-electron chi connectivity index (χ0n) is 17.7. The highest BCUT2D eigenvalue weighted by atomic mass is 32.2. The van der Waals surface area contributed by atoms with Gasteiger partial charge in [0, 0.05) is 24.2 Å². The zero-order chi connectivity index (χ0) is 24.2. The maximum Gasteiger partial charge on any atom is 0.271 e. The molecule has 33 heavy (non-hydrogen) atoms. The molecule has 2 N–H and O–H groups in total. The van der Waals surface area contributed by atoms with Gasteiger partial charge in [0.1, 0.15) is 11.6 Å². The SMILES string of the molecule is COc1ccc([N+](=O)[O-])cc1NS(=O)(=O)c1ccc(C(=O)NCc2ccc(C)c(F)c2)cc1. The maximum absolute atomic E-state index is 13.6. The van der Waals surface area contributed by atoms with E-state index >= 15 is 0 Å². The van der Waals surface area contributed by atoms with Crippen molar-refractivity contribution in [2.45, 2.75) is 18.4 Å². The summed E-state index contributed by atoms with van der Waals surface area (Å²) >= 11 is 0. The van der Waals surface area contributed by atoms with Crippen LogP contribution in [0, 0.1) is 22.9 Å². The molecule has 0 unspecified atom stereocenters. The summed E-state index contributed by atoms with van der Waals surface area (Å²) in [6.07, 6.45) is 0. The van der Waals surface area contributed by atoms with Gasteiger partial charge in [0.25, 0.3) is 21.6 Å². The Kier molecular flexibility index (Phi) is 6.92. The van der Waals surface area contributed by atoms with Crippen LogP contribution in [-0.4, -0.2) is 26.4 Å². The second-order valence-electron chi connectivity index (χ2n) is 7.04. The monoisotopic (exact) mass is 473 g/mol. The number of amides is 1. The zero-order valence-corrected chi connectivity index (χ0v) is 18.5. The molecule has 9 nitrogen and oxygen atoms in total. The Morgan fingerprint density at radius 2 is 1.79 bits per heavy atom. The van der Waals surface area contributed by atoms with Gasteiger partial charge in [-0.15, -0.1) is 0 Å². The van der Waals surface area contributed by atoms with Gasteiger partial charge in [-0.05, 0) is 54.4 Å². The first kappa shape index (κ1) is 23.7. The smallest absolute Gasteiger partial charge is 0.271 e.